The zero-order valence-electron chi connectivity index (χ0n) is 18.6. The van der Waals surface area contributed by atoms with Gasteiger partial charge in [0.15, 0.2) is 0 Å². The van der Waals surface area contributed by atoms with E-state index in [1.807, 2.05) is 41.8 Å². The maximum Gasteiger partial charge on any atom is 0.273 e. The molecule has 5 rings (SSSR count). The van der Waals surface area contributed by atoms with E-state index in [1.165, 1.54) is 23.5 Å². The first-order valence-electron chi connectivity index (χ1n) is 11.4. The highest BCUT2D eigenvalue weighted by Crippen LogP contribution is 2.25. The lowest BCUT2D eigenvalue weighted by molar-refractivity contribution is -0.125. The summed E-state index contributed by atoms with van der Waals surface area (Å²) in [6, 6.07) is 17.9. The standard InChI is InChI=1S/C26H25FN4O2S/c27-21-8-6-18(7-9-21)16-28-24(32)20-10-13-30(14-11-20)26-29-22-12-15-34-23(22)25(33)31(26)17-19-4-2-1-3-5-19/h1-9,12,15,20H,10-11,13-14,16-17H2,(H,28,32). The van der Waals surface area contributed by atoms with Gasteiger partial charge >= 0.3 is 0 Å². The van der Waals surface area contributed by atoms with Gasteiger partial charge < -0.3 is 10.2 Å². The summed E-state index contributed by atoms with van der Waals surface area (Å²) in [6.45, 7) is 2.12. The summed E-state index contributed by atoms with van der Waals surface area (Å²) in [4.78, 5) is 33.0. The van der Waals surface area contributed by atoms with Crippen LogP contribution in [-0.4, -0.2) is 28.5 Å². The number of carbonyl (C=O) groups excluding carboxylic acids is 1. The average Bonchev–Trinajstić information content (AvgIpc) is 3.35. The summed E-state index contributed by atoms with van der Waals surface area (Å²) in [5.74, 6) is 0.273. The van der Waals surface area contributed by atoms with E-state index in [1.54, 1.807) is 16.7 Å². The van der Waals surface area contributed by atoms with Crippen LogP contribution >= 0.6 is 11.3 Å². The Balaban J connectivity index is 1.30. The predicted octanol–water partition coefficient (Wildman–Crippen LogP) is 4.18. The topological polar surface area (TPSA) is 67.2 Å². The number of benzene rings is 2. The third kappa shape index (κ3) is 4.72. The molecule has 0 unspecified atom stereocenters. The second-order valence-corrected chi connectivity index (χ2v) is 9.45. The van der Waals surface area contributed by atoms with Crippen LogP contribution in [0.2, 0.25) is 0 Å². The predicted molar refractivity (Wildman–Crippen MR) is 133 cm³/mol. The van der Waals surface area contributed by atoms with Gasteiger partial charge in [-0.25, -0.2) is 9.37 Å². The van der Waals surface area contributed by atoms with Gasteiger partial charge in [0, 0.05) is 25.6 Å². The van der Waals surface area contributed by atoms with E-state index in [0.717, 1.165) is 11.1 Å². The molecule has 0 aliphatic carbocycles. The molecule has 6 nitrogen and oxygen atoms in total. The van der Waals surface area contributed by atoms with Crippen LogP contribution in [0.1, 0.15) is 24.0 Å². The van der Waals surface area contributed by atoms with E-state index in [2.05, 4.69) is 10.2 Å². The molecule has 1 fully saturated rings. The number of hydrogen-bond acceptors (Lipinski definition) is 5. The van der Waals surface area contributed by atoms with Gasteiger partial charge in [0.2, 0.25) is 11.9 Å². The van der Waals surface area contributed by atoms with Crippen LogP contribution in [0.3, 0.4) is 0 Å². The zero-order valence-corrected chi connectivity index (χ0v) is 19.4. The van der Waals surface area contributed by atoms with Crippen molar-refractivity contribution in [3.8, 4) is 0 Å². The van der Waals surface area contributed by atoms with Crippen molar-refractivity contribution < 1.29 is 9.18 Å². The number of piperidine rings is 1. The van der Waals surface area contributed by atoms with Gasteiger partial charge in [0.25, 0.3) is 5.56 Å². The molecule has 1 aliphatic rings. The molecule has 2 aromatic carbocycles. The van der Waals surface area contributed by atoms with E-state index in [4.69, 9.17) is 4.98 Å². The summed E-state index contributed by atoms with van der Waals surface area (Å²) < 4.78 is 15.5. The molecule has 1 amide bonds. The van der Waals surface area contributed by atoms with Crippen molar-refractivity contribution in [3.63, 3.8) is 0 Å². The summed E-state index contributed by atoms with van der Waals surface area (Å²) in [6.07, 6.45) is 1.36. The lowest BCUT2D eigenvalue weighted by atomic mass is 9.96. The minimum absolute atomic E-state index is 0.00639. The smallest absolute Gasteiger partial charge is 0.273 e. The number of nitrogens with zero attached hydrogens (tertiary/aromatic N) is 3. The lowest BCUT2D eigenvalue weighted by Crippen LogP contribution is -2.42. The monoisotopic (exact) mass is 476 g/mol. The first-order valence-corrected chi connectivity index (χ1v) is 12.3. The first-order chi connectivity index (χ1) is 16.6. The van der Waals surface area contributed by atoms with Gasteiger partial charge in [0.1, 0.15) is 10.5 Å². The first kappa shape index (κ1) is 22.3. The minimum Gasteiger partial charge on any atom is -0.352 e. The van der Waals surface area contributed by atoms with Gasteiger partial charge in [-0.05, 0) is 47.5 Å². The third-order valence-corrected chi connectivity index (χ3v) is 7.15. The van der Waals surface area contributed by atoms with Crippen molar-refractivity contribution in [1.29, 1.82) is 0 Å². The van der Waals surface area contributed by atoms with Gasteiger partial charge in [-0.2, -0.15) is 0 Å². The van der Waals surface area contributed by atoms with E-state index >= 15 is 0 Å². The molecular formula is C26H25FN4O2S. The van der Waals surface area contributed by atoms with Gasteiger partial charge in [-0.15, -0.1) is 11.3 Å². The summed E-state index contributed by atoms with van der Waals surface area (Å²) in [5.41, 5.74) is 2.59. The van der Waals surface area contributed by atoms with Crippen LogP contribution in [0.25, 0.3) is 10.2 Å². The van der Waals surface area contributed by atoms with E-state index in [9.17, 15) is 14.0 Å². The Labute approximate surface area is 200 Å². The number of amides is 1. The molecule has 4 aromatic rings. The molecule has 174 valence electrons. The number of fused-ring (bicyclic) bond motifs is 1. The average molecular weight is 477 g/mol. The summed E-state index contributed by atoms with van der Waals surface area (Å²) in [5, 5.41) is 4.86. The third-order valence-electron chi connectivity index (χ3n) is 6.26. The Hall–Kier alpha value is -3.52. The molecule has 3 heterocycles. The zero-order chi connectivity index (χ0) is 23.5. The molecule has 1 saturated heterocycles. The van der Waals surface area contributed by atoms with Crippen LogP contribution in [-0.2, 0) is 17.9 Å². The number of hydrogen-bond donors (Lipinski definition) is 1. The van der Waals surface area contributed by atoms with Crippen molar-refractivity contribution in [1.82, 2.24) is 14.9 Å². The number of nitrogens with one attached hydrogen (secondary N) is 1. The van der Waals surface area contributed by atoms with Crippen molar-refractivity contribution in [2.75, 3.05) is 18.0 Å². The molecule has 2 aromatic heterocycles. The summed E-state index contributed by atoms with van der Waals surface area (Å²) in [7, 11) is 0. The number of halogens is 1. The quantitative estimate of drug-likeness (QED) is 0.453. The molecule has 0 radical (unpaired) electrons. The molecule has 0 atom stereocenters. The van der Waals surface area contributed by atoms with Crippen LogP contribution in [0.15, 0.2) is 70.8 Å². The largest absolute Gasteiger partial charge is 0.352 e. The van der Waals surface area contributed by atoms with Gasteiger partial charge in [0.05, 0.1) is 12.1 Å². The number of anilines is 1. The van der Waals surface area contributed by atoms with Crippen molar-refractivity contribution in [3.05, 3.63) is 93.3 Å². The maximum atomic E-state index is 13.3. The Morgan fingerprint density at radius 3 is 2.50 bits per heavy atom. The van der Waals surface area contributed by atoms with Crippen molar-refractivity contribution in [2.45, 2.75) is 25.9 Å². The molecule has 0 saturated carbocycles. The minimum atomic E-state index is -0.289. The Morgan fingerprint density at radius 1 is 1.03 bits per heavy atom. The van der Waals surface area contributed by atoms with Crippen LogP contribution in [0, 0.1) is 11.7 Å². The van der Waals surface area contributed by atoms with Crippen LogP contribution in [0.5, 0.6) is 0 Å². The second-order valence-electron chi connectivity index (χ2n) is 8.53. The normalized spacial score (nSPS) is 14.4. The van der Waals surface area contributed by atoms with Crippen LogP contribution < -0.4 is 15.8 Å². The van der Waals surface area contributed by atoms with Crippen molar-refractivity contribution >= 4 is 33.4 Å². The molecule has 0 spiro atoms. The highest BCUT2D eigenvalue weighted by atomic mass is 32.1. The molecule has 8 heteroatoms. The Kier molecular flexibility index (Phi) is 6.40. The molecule has 34 heavy (non-hydrogen) atoms. The lowest BCUT2D eigenvalue weighted by Gasteiger charge is -2.33. The highest BCUT2D eigenvalue weighted by Gasteiger charge is 2.27. The van der Waals surface area contributed by atoms with Gasteiger partial charge in [-0.3, -0.25) is 14.2 Å². The van der Waals surface area contributed by atoms with E-state index in [-0.39, 0.29) is 23.2 Å². The second kappa shape index (κ2) is 9.77. The van der Waals surface area contributed by atoms with Gasteiger partial charge in [-0.1, -0.05) is 42.5 Å². The molecule has 1 aliphatic heterocycles. The maximum absolute atomic E-state index is 13.3. The molecule has 1 N–H and O–H groups in total. The van der Waals surface area contributed by atoms with Crippen molar-refractivity contribution in [2.24, 2.45) is 5.92 Å². The molecular weight excluding hydrogens is 451 g/mol. The SMILES string of the molecule is O=C(NCc1ccc(F)cc1)C1CCN(c2nc3ccsc3c(=O)n2Cc2ccccc2)CC1. The Morgan fingerprint density at radius 2 is 1.76 bits per heavy atom. The highest BCUT2D eigenvalue weighted by molar-refractivity contribution is 7.17. The number of carbonyl (C=O) groups is 1. The molecule has 0 bridgehead atoms. The van der Waals surface area contributed by atoms with E-state index < -0.39 is 0 Å². The number of thiophene rings is 1. The fraction of sp³-hybridized carbons (Fsp3) is 0.269. The van der Waals surface area contributed by atoms with E-state index in [0.29, 0.717) is 55.2 Å². The fourth-order valence-electron chi connectivity index (χ4n) is 4.36. The number of aromatic nitrogens is 2. The summed E-state index contributed by atoms with van der Waals surface area (Å²) >= 11 is 1.41. The van der Waals surface area contributed by atoms with Crippen LogP contribution in [0.4, 0.5) is 10.3 Å². The number of rotatable bonds is 6. The Bertz CT molecular complexity index is 1340. The fourth-order valence-corrected chi connectivity index (χ4v) is 5.14.